The maximum absolute atomic E-state index is 13.1. The van der Waals surface area contributed by atoms with Crippen molar-refractivity contribution in [2.45, 2.75) is 46.2 Å². The van der Waals surface area contributed by atoms with Crippen molar-refractivity contribution in [1.82, 2.24) is 10.2 Å². The minimum atomic E-state index is -0.592. The van der Waals surface area contributed by atoms with E-state index in [1.165, 1.54) is 24.3 Å². The Kier molecular flexibility index (Phi) is 8.65. The van der Waals surface area contributed by atoms with Gasteiger partial charge in [0.15, 0.2) is 6.61 Å². The third-order valence-electron chi connectivity index (χ3n) is 4.71. The molecule has 0 radical (unpaired) electrons. The van der Waals surface area contributed by atoms with Crippen LogP contribution in [0.4, 0.5) is 4.39 Å². The van der Waals surface area contributed by atoms with Crippen LogP contribution in [0.2, 0.25) is 0 Å². The molecule has 1 N–H and O–H groups in total. The van der Waals surface area contributed by atoms with E-state index in [-0.39, 0.29) is 24.2 Å². The average Bonchev–Trinajstić information content (AvgIpc) is 2.72. The van der Waals surface area contributed by atoms with E-state index in [1.54, 1.807) is 4.90 Å². The van der Waals surface area contributed by atoms with E-state index in [4.69, 9.17) is 4.74 Å². The third kappa shape index (κ3) is 6.59. The molecule has 0 aliphatic carbocycles. The Hall–Kier alpha value is -2.89. The number of benzene rings is 2. The van der Waals surface area contributed by atoms with Gasteiger partial charge >= 0.3 is 0 Å². The Labute approximate surface area is 171 Å². The molecule has 0 fully saturated rings. The fourth-order valence-electron chi connectivity index (χ4n) is 3.02. The number of carbonyl (C=O) groups excluding carboxylic acids is 2. The van der Waals surface area contributed by atoms with E-state index in [0.717, 1.165) is 17.5 Å². The molecule has 2 aromatic carbocycles. The van der Waals surface area contributed by atoms with Crippen molar-refractivity contribution >= 4 is 11.8 Å². The summed E-state index contributed by atoms with van der Waals surface area (Å²) in [6.07, 6.45) is 1.31. The lowest BCUT2D eigenvalue weighted by molar-refractivity contribution is -0.143. The van der Waals surface area contributed by atoms with Crippen molar-refractivity contribution < 1.29 is 18.7 Å². The van der Waals surface area contributed by atoms with Gasteiger partial charge in [-0.05, 0) is 55.2 Å². The van der Waals surface area contributed by atoms with E-state index in [1.807, 2.05) is 45.0 Å². The molecule has 6 heteroatoms. The first-order valence-electron chi connectivity index (χ1n) is 9.96. The van der Waals surface area contributed by atoms with E-state index < -0.39 is 6.04 Å². The lowest BCUT2D eigenvalue weighted by Gasteiger charge is -2.31. The average molecular weight is 400 g/mol. The highest BCUT2D eigenvalue weighted by molar-refractivity contribution is 5.88. The van der Waals surface area contributed by atoms with Crippen LogP contribution in [0.15, 0.2) is 48.5 Å². The van der Waals surface area contributed by atoms with Crippen LogP contribution in [0.3, 0.4) is 0 Å². The molecule has 5 nitrogen and oxygen atoms in total. The van der Waals surface area contributed by atoms with Crippen LogP contribution >= 0.6 is 0 Å². The molecule has 0 bridgehead atoms. The SMILES string of the molecule is CCCNC(=O)[C@H](CC)N(Cc1ccccc1C)C(=O)COc1ccc(F)cc1. The molecule has 0 aromatic heterocycles. The van der Waals surface area contributed by atoms with Crippen molar-refractivity contribution in [3.8, 4) is 5.75 Å². The number of rotatable bonds is 10. The number of nitrogens with zero attached hydrogens (tertiary/aromatic N) is 1. The quantitative estimate of drug-likeness (QED) is 0.659. The zero-order valence-corrected chi connectivity index (χ0v) is 17.3. The highest BCUT2D eigenvalue weighted by Gasteiger charge is 2.29. The van der Waals surface area contributed by atoms with Crippen LogP contribution in [0.25, 0.3) is 0 Å². The molecular weight excluding hydrogens is 371 g/mol. The Bertz CT molecular complexity index is 808. The van der Waals surface area contributed by atoms with Gasteiger partial charge in [0.1, 0.15) is 17.6 Å². The van der Waals surface area contributed by atoms with E-state index in [0.29, 0.717) is 25.3 Å². The van der Waals surface area contributed by atoms with Crippen LogP contribution in [0, 0.1) is 12.7 Å². The van der Waals surface area contributed by atoms with Crippen LogP contribution < -0.4 is 10.1 Å². The number of amides is 2. The van der Waals surface area contributed by atoms with Gasteiger partial charge in [0, 0.05) is 13.1 Å². The van der Waals surface area contributed by atoms with Crippen molar-refractivity contribution in [2.75, 3.05) is 13.2 Å². The van der Waals surface area contributed by atoms with Crippen LogP contribution in [-0.4, -0.2) is 35.9 Å². The van der Waals surface area contributed by atoms with Gasteiger partial charge in [0.05, 0.1) is 0 Å². The lowest BCUT2D eigenvalue weighted by Crippen LogP contribution is -2.50. The summed E-state index contributed by atoms with van der Waals surface area (Å²) in [6, 6.07) is 12.7. The van der Waals surface area contributed by atoms with E-state index >= 15 is 0 Å². The molecular formula is C23H29FN2O3. The second-order valence-electron chi connectivity index (χ2n) is 6.91. The van der Waals surface area contributed by atoms with Crippen LogP contribution in [-0.2, 0) is 16.1 Å². The smallest absolute Gasteiger partial charge is 0.261 e. The maximum atomic E-state index is 13.1. The fraction of sp³-hybridized carbons (Fsp3) is 0.391. The van der Waals surface area contributed by atoms with Crippen LogP contribution in [0.5, 0.6) is 5.75 Å². The summed E-state index contributed by atoms with van der Waals surface area (Å²) >= 11 is 0. The molecule has 0 saturated carbocycles. The number of ether oxygens (including phenoxy) is 1. The monoisotopic (exact) mass is 400 g/mol. The normalized spacial score (nSPS) is 11.6. The van der Waals surface area contributed by atoms with Crippen molar-refractivity contribution in [1.29, 1.82) is 0 Å². The van der Waals surface area contributed by atoms with E-state index in [9.17, 15) is 14.0 Å². The summed E-state index contributed by atoms with van der Waals surface area (Å²) in [5.74, 6) is -0.434. The molecule has 1 atom stereocenters. The Morgan fingerprint density at radius 1 is 1.10 bits per heavy atom. The zero-order chi connectivity index (χ0) is 21.2. The van der Waals surface area contributed by atoms with Crippen molar-refractivity contribution in [3.63, 3.8) is 0 Å². The fourth-order valence-corrected chi connectivity index (χ4v) is 3.02. The molecule has 0 heterocycles. The van der Waals surface area contributed by atoms with Gasteiger partial charge in [0.25, 0.3) is 5.91 Å². The lowest BCUT2D eigenvalue weighted by atomic mass is 10.1. The van der Waals surface area contributed by atoms with Crippen LogP contribution in [0.1, 0.15) is 37.8 Å². The summed E-state index contributed by atoms with van der Waals surface area (Å²) in [4.78, 5) is 27.3. The molecule has 156 valence electrons. The second kappa shape index (κ2) is 11.2. The Morgan fingerprint density at radius 3 is 2.41 bits per heavy atom. The first-order chi connectivity index (χ1) is 14.0. The highest BCUT2D eigenvalue weighted by Crippen LogP contribution is 2.17. The van der Waals surface area contributed by atoms with Gasteiger partial charge in [-0.1, -0.05) is 38.1 Å². The molecule has 2 rings (SSSR count). The van der Waals surface area contributed by atoms with Crippen molar-refractivity contribution in [3.05, 3.63) is 65.5 Å². The van der Waals surface area contributed by atoms with Gasteiger partial charge in [0.2, 0.25) is 5.91 Å². The number of hydrogen-bond donors (Lipinski definition) is 1. The minimum Gasteiger partial charge on any atom is -0.484 e. The minimum absolute atomic E-state index is 0.168. The molecule has 29 heavy (non-hydrogen) atoms. The molecule has 2 amide bonds. The largest absolute Gasteiger partial charge is 0.484 e. The number of nitrogens with one attached hydrogen (secondary N) is 1. The molecule has 0 saturated heterocycles. The third-order valence-corrected chi connectivity index (χ3v) is 4.71. The summed E-state index contributed by atoms with van der Waals surface area (Å²) < 4.78 is 18.6. The van der Waals surface area contributed by atoms with Gasteiger partial charge in [-0.25, -0.2) is 4.39 Å². The standard InChI is InChI=1S/C23H29FN2O3/c1-4-14-25-23(28)21(5-2)26(15-18-9-7-6-8-17(18)3)22(27)16-29-20-12-10-19(24)11-13-20/h6-13,21H,4-5,14-16H2,1-3H3,(H,25,28)/t21-/m0/s1. The summed E-state index contributed by atoms with van der Waals surface area (Å²) in [5, 5.41) is 2.88. The Morgan fingerprint density at radius 2 is 1.79 bits per heavy atom. The van der Waals surface area contributed by atoms with Gasteiger partial charge in [-0.2, -0.15) is 0 Å². The molecule has 0 unspecified atom stereocenters. The van der Waals surface area contributed by atoms with Crippen molar-refractivity contribution in [2.24, 2.45) is 0 Å². The molecule has 2 aromatic rings. The zero-order valence-electron chi connectivity index (χ0n) is 17.3. The maximum Gasteiger partial charge on any atom is 0.261 e. The van der Waals surface area contributed by atoms with Gasteiger partial charge in [-0.15, -0.1) is 0 Å². The Balaban J connectivity index is 2.19. The predicted molar refractivity (Wildman–Crippen MR) is 111 cm³/mol. The van der Waals surface area contributed by atoms with Gasteiger partial charge < -0.3 is 15.0 Å². The topological polar surface area (TPSA) is 58.6 Å². The first-order valence-corrected chi connectivity index (χ1v) is 9.96. The molecule has 0 aliphatic rings. The van der Waals surface area contributed by atoms with E-state index in [2.05, 4.69) is 5.32 Å². The summed E-state index contributed by atoms with van der Waals surface area (Å²) in [5.41, 5.74) is 2.03. The number of carbonyl (C=O) groups is 2. The summed E-state index contributed by atoms with van der Waals surface area (Å²) in [6.45, 7) is 6.49. The second-order valence-corrected chi connectivity index (χ2v) is 6.91. The number of halogens is 1. The molecule has 0 aliphatic heterocycles. The number of hydrogen-bond acceptors (Lipinski definition) is 3. The van der Waals surface area contributed by atoms with Gasteiger partial charge in [-0.3, -0.25) is 9.59 Å². The summed E-state index contributed by atoms with van der Waals surface area (Å²) in [7, 11) is 0. The highest BCUT2D eigenvalue weighted by atomic mass is 19.1. The predicted octanol–water partition coefficient (Wildman–Crippen LogP) is 3.85. The molecule has 0 spiro atoms. The first kappa shape index (κ1) is 22.4. The number of aryl methyl sites for hydroxylation is 1.